The first-order valence-corrected chi connectivity index (χ1v) is 5.80. The number of aryl methyl sites for hydroxylation is 1. The van der Waals surface area contributed by atoms with E-state index in [4.69, 9.17) is 5.73 Å². The van der Waals surface area contributed by atoms with E-state index < -0.39 is 0 Å². The molecule has 0 aliphatic rings. The van der Waals surface area contributed by atoms with Crippen molar-refractivity contribution in [2.45, 2.75) is 19.3 Å². The highest BCUT2D eigenvalue weighted by molar-refractivity contribution is 5.85. The zero-order chi connectivity index (χ0) is 13.4. The van der Waals surface area contributed by atoms with E-state index in [9.17, 15) is 9.59 Å². The van der Waals surface area contributed by atoms with Crippen LogP contribution < -0.4 is 11.1 Å². The molecule has 19 heavy (non-hydrogen) atoms. The van der Waals surface area contributed by atoms with E-state index in [2.05, 4.69) is 10.1 Å². The number of hydrogen-bond donors (Lipinski definition) is 2. The molecule has 0 radical (unpaired) electrons. The summed E-state index contributed by atoms with van der Waals surface area (Å²) < 4.78 is 4.47. The topological polar surface area (TPSA) is 81.4 Å². The van der Waals surface area contributed by atoms with Crippen LogP contribution in [-0.2, 0) is 20.7 Å². The lowest BCUT2D eigenvalue weighted by molar-refractivity contribution is -0.140. The summed E-state index contributed by atoms with van der Waals surface area (Å²) in [7, 11) is 1.32. The van der Waals surface area contributed by atoms with Crippen LogP contribution in [0.2, 0.25) is 0 Å². The van der Waals surface area contributed by atoms with Gasteiger partial charge in [-0.1, -0.05) is 18.2 Å². The van der Waals surface area contributed by atoms with Gasteiger partial charge < -0.3 is 15.8 Å². The van der Waals surface area contributed by atoms with E-state index >= 15 is 0 Å². The summed E-state index contributed by atoms with van der Waals surface area (Å²) in [4.78, 5) is 22.3. The lowest BCUT2D eigenvalue weighted by Crippen LogP contribution is -2.26. The number of benzene rings is 1. The maximum absolute atomic E-state index is 11.5. The summed E-state index contributed by atoms with van der Waals surface area (Å²) in [6, 6.07) is 7.46. The van der Waals surface area contributed by atoms with Crippen molar-refractivity contribution in [2.24, 2.45) is 0 Å². The van der Waals surface area contributed by atoms with Gasteiger partial charge in [-0.25, -0.2) is 0 Å². The second-order valence-electron chi connectivity index (χ2n) is 3.87. The van der Waals surface area contributed by atoms with Gasteiger partial charge in [-0.05, 0) is 18.1 Å². The van der Waals surface area contributed by atoms with Gasteiger partial charge in [0.25, 0.3) is 0 Å². The van der Waals surface area contributed by atoms with Gasteiger partial charge in [-0.2, -0.15) is 0 Å². The molecule has 0 aliphatic carbocycles. The highest BCUT2D eigenvalue weighted by Gasteiger charge is 2.05. The van der Waals surface area contributed by atoms with Crippen LogP contribution in [0.3, 0.4) is 0 Å². The first-order valence-electron chi connectivity index (χ1n) is 5.80. The Balaban J connectivity index is 0.00000324. The van der Waals surface area contributed by atoms with Crippen LogP contribution in [-0.4, -0.2) is 25.5 Å². The maximum Gasteiger partial charge on any atom is 0.307 e. The van der Waals surface area contributed by atoms with Crippen molar-refractivity contribution in [1.29, 1.82) is 0 Å². The molecule has 3 N–H and O–H groups in total. The first kappa shape index (κ1) is 17.2. The Labute approximate surface area is 118 Å². The van der Waals surface area contributed by atoms with Crippen molar-refractivity contribution in [3.63, 3.8) is 0 Å². The molecule has 1 rings (SSSR count). The van der Waals surface area contributed by atoms with Gasteiger partial charge in [-0.15, -0.1) is 12.4 Å². The van der Waals surface area contributed by atoms with Crippen LogP contribution in [0.4, 0.5) is 5.69 Å². The summed E-state index contributed by atoms with van der Waals surface area (Å²) in [6.07, 6.45) is 1.14. The highest BCUT2D eigenvalue weighted by atomic mass is 35.5. The number of nitrogen functional groups attached to an aromatic ring is 1. The molecule has 0 aromatic heterocycles. The molecule has 0 unspecified atom stereocenters. The van der Waals surface area contributed by atoms with Crippen LogP contribution in [0.5, 0.6) is 0 Å². The lowest BCUT2D eigenvalue weighted by atomic mass is 10.1. The minimum absolute atomic E-state index is 0. The van der Waals surface area contributed by atoms with Crippen LogP contribution in [0.25, 0.3) is 0 Å². The quantitative estimate of drug-likeness (QED) is 0.610. The zero-order valence-corrected chi connectivity index (χ0v) is 11.7. The number of carbonyl (C=O) groups is 2. The van der Waals surface area contributed by atoms with Crippen molar-refractivity contribution in [2.75, 3.05) is 19.4 Å². The molecule has 0 saturated heterocycles. The third-order valence-corrected chi connectivity index (χ3v) is 2.56. The van der Waals surface area contributed by atoms with Crippen LogP contribution in [0.1, 0.15) is 18.4 Å². The molecule has 0 spiro atoms. The number of nitrogens with one attached hydrogen (secondary N) is 1. The minimum atomic E-state index is -0.331. The van der Waals surface area contributed by atoms with E-state index in [1.54, 1.807) is 0 Å². The Hall–Kier alpha value is -1.75. The lowest BCUT2D eigenvalue weighted by Gasteiger charge is -2.06. The number of ether oxygens (including phenoxy) is 1. The Morgan fingerprint density at radius 3 is 2.58 bits per heavy atom. The van der Waals surface area contributed by atoms with Crippen molar-refractivity contribution in [3.8, 4) is 0 Å². The monoisotopic (exact) mass is 286 g/mol. The number of amides is 1. The number of anilines is 1. The number of carbonyl (C=O) groups excluding carboxylic acids is 2. The molecule has 1 amide bonds. The molecule has 0 bridgehead atoms. The fraction of sp³-hybridized carbons (Fsp3) is 0.385. The van der Waals surface area contributed by atoms with Gasteiger partial charge >= 0.3 is 5.97 Å². The fourth-order valence-electron chi connectivity index (χ4n) is 1.50. The van der Waals surface area contributed by atoms with Gasteiger partial charge in [0.15, 0.2) is 0 Å². The van der Waals surface area contributed by atoms with Gasteiger partial charge in [0.2, 0.25) is 5.91 Å². The summed E-state index contributed by atoms with van der Waals surface area (Å²) in [5, 5.41) is 2.66. The molecule has 0 fully saturated rings. The molecule has 0 saturated carbocycles. The fourth-order valence-corrected chi connectivity index (χ4v) is 1.50. The molecule has 106 valence electrons. The molecule has 0 atom stereocenters. The van der Waals surface area contributed by atoms with Crippen molar-refractivity contribution >= 4 is 30.0 Å². The first-order chi connectivity index (χ1) is 8.63. The van der Waals surface area contributed by atoms with Gasteiger partial charge in [-0.3, -0.25) is 9.59 Å². The maximum atomic E-state index is 11.5. The van der Waals surface area contributed by atoms with Crippen molar-refractivity contribution in [1.82, 2.24) is 5.32 Å². The van der Waals surface area contributed by atoms with Crippen LogP contribution >= 0.6 is 12.4 Å². The molecular formula is C13H19ClN2O3. The second-order valence-corrected chi connectivity index (χ2v) is 3.87. The van der Waals surface area contributed by atoms with Crippen LogP contribution in [0, 0.1) is 0 Å². The molecule has 0 aliphatic heterocycles. The van der Waals surface area contributed by atoms with E-state index in [0.717, 1.165) is 5.56 Å². The number of esters is 1. The number of para-hydroxylation sites is 1. The van der Waals surface area contributed by atoms with Crippen LogP contribution in [0.15, 0.2) is 24.3 Å². The molecule has 1 aromatic carbocycles. The Morgan fingerprint density at radius 2 is 1.95 bits per heavy atom. The largest absolute Gasteiger partial charge is 0.469 e. The number of rotatable bonds is 6. The number of hydrogen-bond acceptors (Lipinski definition) is 4. The average molecular weight is 287 g/mol. The standard InChI is InChI=1S/C13H18N2O3.ClH/c1-18-13(17)8-9-15-12(16)7-6-10-4-2-3-5-11(10)14;/h2-5H,6-9,14H2,1H3,(H,15,16);1H. The second kappa shape index (κ2) is 9.22. The average Bonchev–Trinajstić information content (AvgIpc) is 2.37. The van der Waals surface area contributed by atoms with E-state index in [1.165, 1.54) is 7.11 Å². The normalized spacial score (nSPS) is 9.32. The third kappa shape index (κ3) is 6.67. The predicted octanol–water partition coefficient (Wildman–Crippen LogP) is 1.30. The highest BCUT2D eigenvalue weighted by Crippen LogP contribution is 2.12. The van der Waals surface area contributed by atoms with Crippen molar-refractivity contribution < 1.29 is 14.3 Å². The molecule has 1 aromatic rings. The Morgan fingerprint density at radius 1 is 1.26 bits per heavy atom. The molecule has 6 heteroatoms. The Bertz CT molecular complexity index is 424. The van der Waals surface area contributed by atoms with Gasteiger partial charge in [0, 0.05) is 18.7 Å². The van der Waals surface area contributed by atoms with Crippen molar-refractivity contribution in [3.05, 3.63) is 29.8 Å². The summed E-state index contributed by atoms with van der Waals surface area (Å²) in [5.74, 6) is -0.426. The van der Waals surface area contributed by atoms with E-state index in [1.807, 2.05) is 24.3 Å². The van der Waals surface area contributed by atoms with E-state index in [-0.39, 0.29) is 30.7 Å². The summed E-state index contributed by atoms with van der Waals surface area (Å²) in [5.41, 5.74) is 7.42. The predicted molar refractivity (Wildman–Crippen MR) is 76.1 cm³/mol. The summed E-state index contributed by atoms with van der Waals surface area (Å²) in [6.45, 7) is 0.301. The minimum Gasteiger partial charge on any atom is -0.469 e. The summed E-state index contributed by atoms with van der Waals surface area (Å²) >= 11 is 0. The van der Waals surface area contributed by atoms with Gasteiger partial charge in [0.05, 0.1) is 13.5 Å². The smallest absolute Gasteiger partial charge is 0.307 e. The number of halogens is 1. The molecule has 5 nitrogen and oxygen atoms in total. The zero-order valence-electron chi connectivity index (χ0n) is 10.8. The third-order valence-electron chi connectivity index (χ3n) is 2.56. The van der Waals surface area contributed by atoms with E-state index in [0.29, 0.717) is 25.1 Å². The number of methoxy groups -OCH3 is 1. The molecule has 0 heterocycles. The van der Waals surface area contributed by atoms with Gasteiger partial charge in [0.1, 0.15) is 0 Å². The Kier molecular flexibility index (Phi) is 8.37. The SMILES string of the molecule is COC(=O)CCNC(=O)CCc1ccccc1N.Cl. The number of nitrogens with two attached hydrogens (primary N) is 1. The molecular weight excluding hydrogens is 268 g/mol.